The SMILES string of the molecule is CNC(COC(C)(C)C)Cc1ccc(F)cc1. The van der Waals surface area contributed by atoms with Gasteiger partial charge in [0.05, 0.1) is 12.2 Å². The third-order valence-electron chi connectivity index (χ3n) is 2.52. The van der Waals surface area contributed by atoms with E-state index in [2.05, 4.69) is 5.32 Å². The largest absolute Gasteiger partial charge is 0.374 e. The summed E-state index contributed by atoms with van der Waals surface area (Å²) in [6.07, 6.45) is 0.840. The van der Waals surface area contributed by atoms with Crippen LogP contribution in [0.1, 0.15) is 26.3 Å². The highest BCUT2D eigenvalue weighted by Gasteiger charge is 2.14. The minimum atomic E-state index is -0.194. The molecule has 1 N–H and O–H groups in total. The fraction of sp³-hybridized carbons (Fsp3) is 0.571. The first-order chi connectivity index (χ1) is 7.90. The molecule has 17 heavy (non-hydrogen) atoms. The number of halogens is 1. The van der Waals surface area contributed by atoms with Crippen LogP contribution in [0.4, 0.5) is 4.39 Å². The Morgan fingerprint density at radius 3 is 2.29 bits per heavy atom. The van der Waals surface area contributed by atoms with E-state index < -0.39 is 0 Å². The molecule has 1 aromatic rings. The molecule has 0 radical (unpaired) electrons. The fourth-order valence-corrected chi connectivity index (χ4v) is 1.50. The number of hydrogen-bond donors (Lipinski definition) is 1. The normalized spacial score (nSPS) is 13.7. The monoisotopic (exact) mass is 239 g/mol. The summed E-state index contributed by atoms with van der Waals surface area (Å²) < 4.78 is 18.5. The number of hydrogen-bond acceptors (Lipinski definition) is 2. The summed E-state index contributed by atoms with van der Waals surface area (Å²) in [5, 5.41) is 3.22. The standard InChI is InChI=1S/C14H22FNO/c1-14(2,3)17-10-13(16-4)9-11-5-7-12(15)8-6-11/h5-8,13,16H,9-10H2,1-4H3. The highest BCUT2D eigenvalue weighted by molar-refractivity contribution is 5.17. The summed E-state index contributed by atoms with van der Waals surface area (Å²) in [6.45, 7) is 6.77. The zero-order valence-corrected chi connectivity index (χ0v) is 11.1. The van der Waals surface area contributed by atoms with Crippen molar-refractivity contribution in [1.29, 1.82) is 0 Å². The summed E-state index contributed by atoms with van der Waals surface area (Å²) in [4.78, 5) is 0. The maximum absolute atomic E-state index is 12.8. The van der Waals surface area contributed by atoms with Gasteiger partial charge in [0.2, 0.25) is 0 Å². The molecular weight excluding hydrogens is 217 g/mol. The van der Waals surface area contributed by atoms with Crippen LogP contribution in [0.2, 0.25) is 0 Å². The van der Waals surface area contributed by atoms with Gasteiger partial charge >= 0.3 is 0 Å². The van der Waals surface area contributed by atoms with Gasteiger partial charge in [-0.25, -0.2) is 4.39 Å². The Kier molecular flexibility index (Phi) is 5.09. The van der Waals surface area contributed by atoms with Crippen LogP contribution in [-0.2, 0) is 11.2 Å². The third kappa shape index (κ3) is 5.80. The van der Waals surface area contributed by atoms with Crippen LogP contribution < -0.4 is 5.32 Å². The molecule has 1 unspecified atom stereocenters. The van der Waals surface area contributed by atoms with Crippen LogP contribution in [0.25, 0.3) is 0 Å². The average Bonchev–Trinajstić information content (AvgIpc) is 2.25. The lowest BCUT2D eigenvalue weighted by Gasteiger charge is -2.24. The van der Waals surface area contributed by atoms with E-state index in [1.165, 1.54) is 12.1 Å². The summed E-state index contributed by atoms with van der Waals surface area (Å²) in [7, 11) is 1.92. The molecule has 0 bridgehead atoms. The van der Waals surface area contributed by atoms with Gasteiger partial charge in [0.1, 0.15) is 5.82 Å². The fourth-order valence-electron chi connectivity index (χ4n) is 1.50. The van der Waals surface area contributed by atoms with Gasteiger partial charge in [-0.15, -0.1) is 0 Å². The highest BCUT2D eigenvalue weighted by Crippen LogP contribution is 2.10. The minimum Gasteiger partial charge on any atom is -0.374 e. The van der Waals surface area contributed by atoms with Gasteiger partial charge in [0.15, 0.2) is 0 Å². The van der Waals surface area contributed by atoms with E-state index in [4.69, 9.17) is 4.74 Å². The van der Waals surface area contributed by atoms with Gasteiger partial charge in [-0.2, -0.15) is 0 Å². The minimum absolute atomic E-state index is 0.127. The number of likely N-dealkylation sites (N-methyl/N-ethyl adjacent to an activating group) is 1. The van der Waals surface area contributed by atoms with Gasteiger partial charge in [0.25, 0.3) is 0 Å². The average molecular weight is 239 g/mol. The Morgan fingerprint density at radius 1 is 1.24 bits per heavy atom. The smallest absolute Gasteiger partial charge is 0.123 e. The maximum atomic E-state index is 12.8. The molecule has 0 aliphatic rings. The van der Waals surface area contributed by atoms with Gasteiger partial charge in [-0.1, -0.05) is 12.1 Å². The first kappa shape index (κ1) is 14.1. The summed E-state index contributed by atoms with van der Waals surface area (Å²) in [5.74, 6) is -0.194. The lowest BCUT2D eigenvalue weighted by molar-refractivity contribution is -0.0134. The Balaban J connectivity index is 2.49. The van der Waals surface area contributed by atoms with Crippen molar-refractivity contribution in [1.82, 2.24) is 5.32 Å². The molecule has 1 rings (SSSR count). The molecule has 0 aliphatic heterocycles. The molecule has 0 aromatic heterocycles. The van der Waals surface area contributed by atoms with Gasteiger partial charge in [-0.3, -0.25) is 0 Å². The van der Waals surface area contributed by atoms with Crippen molar-refractivity contribution in [3.05, 3.63) is 35.6 Å². The number of nitrogens with one attached hydrogen (secondary N) is 1. The molecule has 3 heteroatoms. The van der Waals surface area contributed by atoms with E-state index in [-0.39, 0.29) is 17.5 Å². The van der Waals surface area contributed by atoms with E-state index >= 15 is 0 Å². The molecule has 0 heterocycles. The van der Waals surface area contributed by atoms with E-state index in [1.807, 2.05) is 40.0 Å². The molecule has 0 fully saturated rings. The van der Waals surface area contributed by atoms with Crippen molar-refractivity contribution in [3.8, 4) is 0 Å². The van der Waals surface area contributed by atoms with Crippen molar-refractivity contribution in [2.24, 2.45) is 0 Å². The molecule has 0 saturated heterocycles. The summed E-state index contributed by atoms with van der Waals surface area (Å²) in [5.41, 5.74) is 0.987. The van der Waals surface area contributed by atoms with Crippen molar-refractivity contribution in [2.45, 2.75) is 38.8 Å². The predicted molar refractivity (Wildman–Crippen MR) is 68.7 cm³/mol. The molecule has 0 saturated carbocycles. The second-order valence-corrected chi connectivity index (χ2v) is 5.24. The molecule has 0 amide bonds. The summed E-state index contributed by atoms with van der Waals surface area (Å²) in [6, 6.07) is 6.87. The van der Waals surface area contributed by atoms with E-state index in [0.717, 1.165) is 12.0 Å². The second-order valence-electron chi connectivity index (χ2n) is 5.24. The topological polar surface area (TPSA) is 21.3 Å². The molecule has 0 aliphatic carbocycles. The number of benzene rings is 1. The van der Waals surface area contributed by atoms with Crippen molar-refractivity contribution >= 4 is 0 Å². The van der Waals surface area contributed by atoms with Crippen molar-refractivity contribution in [3.63, 3.8) is 0 Å². The zero-order chi connectivity index (χ0) is 12.9. The second kappa shape index (κ2) is 6.12. The van der Waals surface area contributed by atoms with Crippen LogP contribution in [0.15, 0.2) is 24.3 Å². The van der Waals surface area contributed by atoms with E-state index in [0.29, 0.717) is 6.61 Å². The molecule has 96 valence electrons. The quantitative estimate of drug-likeness (QED) is 0.853. The predicted octanol–water partition coefficient (Wildman–Crippen LogP) is 2.77. The molecular formula is C14H22FNO. The molecule has 1 aromatic carbocycles. The van der Waals surface area contributed by atoms with Crippen LogP contribution in [-0.4, -0.2) is 25.3 Å². The van der Waals surface area contributed by atoms with Crippen molar-refractivity contribution < 1.29 is 9.13 Å². The first-order valence-electron chi connectivity index (χ1n) is 5.96. The Hall–Kier alpha value is -0.930. The molecule has 1 atom stereocenters. The Morgan fingerprint density at radius 2 is 1.82 bits per heavy atom. The molecule has 0 spiro atoms. The lowest BCUT2D eigenvalue weighted by atomic mass is 10.1. The first-order valence-corrected chi connectivity index (χ1v) is 5.96. The van der Waals surface area contributed by atoms with Crippen LogP contribution in [0.3, 0.4) is 0 Å². The third-order valence-corrected chi connectivity index (χ3v) is 2.52. The van der Waals surface area contributed by atoms with Crippen molar-refractivity contribution in [2.75, 3.05) is 13.7 Å². The highest BCUT2D eigenvalue weighted by atomic mass is 19.1. The van der Waals surface area contributed by atoms with Crippen LogP contribution in [0, 0.1) is 5.82 Å². The van der Waals surface area contributed by atoms with Gasteiger partial charge in [-0.05, 0) is 51.9 Å². The van der Waals surface area contributed by atoms with Gasteiger partial charge in [0, 0.05) is 6.04 Å². The Labute approximate surface area is 103 Å². The van der Waals surface area contributed by atoms with E-state index in [9.17, 15) is 4.39 Å². The zero-order valence-electron chi connectivity index (χ0n) is 11.1. The van der Waals surface area contributed by atoms with Crippen LogP contribution in [0.5, 0.6) is 0 Å². The summed E-state index contributed by atoms with van der Waals surface area (Å²) >= 11 is 0. The van der Waals surface area contributed by atoms with Gasteiger partial charge < -0.3 is 10.1 Å². The number of ether oxygens (including phenoxy) is 1. The maximum Gasteiger partial charge on any atom is 0.123 e. The van der Waals surface area contributed by atoms with E-state index in [1.54, 1.807) is 0 Å². The molecule has 2 nitrogen and oxygen atoms in total. The number of rotatable bonds is 5. The lowest BCUT2D eigenvalue weighted by Crippen LogP contribution is -2.36. The van der Waals surface area contributed by atoms with Crippen LogP contribution >= 0.6 is 0 Å². The Bertz CT molecular complexity index is 329.